The maximum atomic E-state index is 12.4. The van der Waals surface area contributed by atoms with Crippen molar-refractivity contribution in [2.75, 3.05) is 38.2 Å². The first-order valence-electron chi connectivity index (χ1n) is 8.86. The Labute approximate surface area is 145 Å². The molecule has 0 aromatic heterocycles. The molecule has 0 bridgehead atoms. The number of nitrogens with one attached hydrogen (secondary N) is 1. The number of fused-ring (bicyclic) bond motifs is 1. The maximum absolute atomic E-state index is 12.4. The molecule has 0 radical (unpaired) electrons. The van der Waals surface area contributed by atoms with Crippen LogP contribution in [0.25, 0.3) is 0 Å². The lowest BCUT2D eigenvalue weighted by Crippen LogP contribution is -2.38. The number of benzene rings is 1. The Morgan fingerprint density at radius 1 is 1.08 bits per heavy atom. The number of ether oxygens (including phenoxy) is 2. The third-order valence-electron chi connectivity index (χ3n) is 3.65. The van der Waals surface area contributed by atoms with Crippen molar-refractivity contribution in [1.29, 1.82) is 0 Å². The molecule has 0 saturated carbocycles. The average molecular weight is 334 g/mol. The highest BCUT2D eigenvalue weighted by Gasteiger charge is 2.15. The summed E-state index contributed by atoms with van der Waals surface area (Å²) in [5.41, 5.74) is 0.748. The van der Waals surface area contributed by atoms with E-state index in [1.54, 1.807) is 0 Å². The molecule has 0 atom stereocenters. The molecule has 0 unspecified atom stereocenters. The maximum Gasteiger partial charge on any atom is 0.238 e. The number of rotatable bonds is 7. The largest absolute Gasteiger partial charge is 0.490 e. The van der Waals surface area contributed by atoms with Gasteiger partial charge in [-0.1, -0.05) is 27.7 Å². The number of carbonyl (C=O) groups excluding carboxylic acids is 1. The summed E-state index contributed by atoms with van der Waals surface area (Å²) in [5.74, 6) is 2.52. The van der Waals surface area contributed by atoms with Crippen molar-refractivity contribution >= 4 is 11.6 Å². The average Bonchev–Trinajstić information content (AvgIpc) is 2.70. The Morgan fingerprint density at radius 2 is 1.71 bits per heavy atom. The third-order valence-corrected chi connectivity index (χ3v) is 3.65. The van der Waals surface area contributed by atoms with E-state index in [1.807, 2.05) is 18.2 Å². The van der Waals surface area contributed by atoms with Crippen LogP contribution in [0.15, 0.2) is 18.2 Å². The Kier molecular flexibility index (Phi) is 6.91. The zero-order chi connectivity index (χ0) is 17.5. The van der Waals surface area contributed by atoms with Gasteiger partial charge in [0.2, 0.25) is 5.91 Å². The second-order valence-electron chi connectivity index (χ2n) is 7.24. The Hall–Kier alpha value is -1.75. The zero-order valence-corrected chi connectivity index (χ0v) is 15.3. The summed E-state index contributed by atoms with van der Waals surface area (Å²) in [4.78, 5) is 14.6. The number of amides is 1. The zero-order valence-electron chi connectivity index (χ0n) is 15.3. The summed E-state index contributed by atoms with van der Waals surface area (Å²) in [7, 11) is 0. The molecule has 1 heterocycles. The van der Waals surface area contributed by atoms with E-state index in [-0.39, 0.29) is 5.91 Å². The van der Waals surface area contributed by atoms with Crippen molar-refractivity contribution in [3.05, 3.63) is 18.2 Å². The van der Waals surface area contributed by atoms with E-state index < -0.39 is 0 Å². The first-order chi connectivity index (χ1) is 11.4. The van der Waals surface area contributed by atoms with Gasteiger partial charge in [-0.25, -0.2) is 0 Å². The van der Waals surface area contributed by atoms with Crippen molar-refractivity contribution in [1.82, 2.24) is 4.90 Å². The lowest BCUT2D eigenvalue weighted by atomic mass is 10.1. The van der Waals surface area contributed by atoms with Gasteiger partial charge in [-0.15, -0.1) is 0 Å². The number of carbonyl (C=O) groups is 1. The Balaban J connectivity index is 1.96. The highest BCUT2D eigenvalue weighted by atomic mass is 16.5. The summed E-state index contributed by atoms with van der Waals surface area (Å²) in [6.45, 7) is 12.3. The Bertz CT molecular complexity index is 533. The van der Waals surface area contributed by atoms with Crippen LogP contribution in [-0.2, 0) is 4.79 Å². The molecule has 0 fully saturated rings. The second kappa shape index (κ2) is 8.92. The fourth-order valence-corrected chi connectivity index (χ4v) is 2.88. The van der Waals surface area contributed by atoms with E-state index in [0.29, 0.717) is 37.3 Å². The van der Waals surface area contributed by atoms with Gasteiger partial charge in [-0.3, -0.25) is 9.69 Å². The third kappa shape index (κ3) is 6.04. The van der Waals surface area contributed by atoms with Gasteiger partial charge in [0.25, 0.3) is 0 Å². The van der Waals surface area contributed by atoms with Crippen molar-refractivity contribution in [3.8, 4) is 11.5 Å². The van der Waals surface area contributed by atoms with Crippen LogP contribution in [0.4, 0.5) is 5.69 Å². The molecular formula is C19H30N2O3. The van der Waals surface area contributed by atoms with E-state index >= 15 is 0 Å². The van der Waals surface area contributed by atoms with Gasteiger partial charge in [0.05, 0.1) is 19.8 Å². The molecule has 1 aliphatic heterocycles. The molecule has 24 heavy (non-hydrogen) atoms. The molecule has 1 N–H and O–H groups in total. The molecule has 134 valence electrons. The minimum Gasteiger partial charge on any atom is -0.490 e. The van der Waals surface area contributed by atoms with Gasteiger partial charge in [0.1, 0.15) is 0 Å². The van der Waals surface area contributed by atoms with Gasteiger partial charge >= 0.3 is 0 Å². The van der Waals surface area contributed by atoms with Gasteiger partial charge in [-0.2, -0.15) is 0 Å². The molecule has 0 spiro atoms. The summed E-state index contributed by atoms with van der Waals surface area (Å²) >= 11 is 0. The van der Waals surface area contributed by atoms with Gasteiger partial charge < -0.3 is 14.8 Å². The Morgan fingerprint density at radius 3 is 2.33 bits per heavy atom. The number of hydrogen-bond donors (Lipinski definition) is 1. The van der Waals surface area contributed by atoms with Gasteiger partial charge in [0.15, 0.2) is 11.5 Å². The lowest BCUT2D eigenvalue weighted by Gasteiger charge is -2.25. The molecule has 0 saturated heterocycles. The minimum absolute atomic E-state index is 0.00536. The summed E-state index contributed by atoms with van der Waals surface area (Å²) in [6, 6.07) is 5.56. The van der Waals surface area contributed by atoms with Crippen LogP contribution in [0.3, 0.4) is 0 Å². The molecule has 1 amide bonds. The van der Waals surface area contributed by atoms with Crippen LogP contribution in [0.1, 0.15) is 34.1 Å². The predicted octanol–water partition coefficient (Wildman–Crippen LogP) is 3.40. The quantitative estimate of drug-likeness (QED) is 0.830. The van der Waals surface area contributed by atoms with E-state index in [9.17, 15) is 4.79 Å². The van der Waals surface area contributed by atoms with Crippen LogP contribution in [0.2, 0.25) is 0 Å². The van der Waals surface area contributed by atoms with Crippen LogP contribution in [0.5, 0.6) is 11.5 Å². The molecule has 5 nitrogen and oxygen atoms in total. The summed E-state index contributed by atoms with van der Waals surface area (Å²) in [5, 5.41) is 2.97. The van der Waals surface area contributed by atoms with Crippen LogP contribution < -0.4 is 14.8 Å². The molecule has 1 aromatic carbocycles. The minimum atomic E-state index is 0.00536. The van der Waals surface area contributed by atoms with Gasteiger partial charge in [0, 0.05) is 31.3 Å². The monoisotopic (exact) mass is 334 g/mol. The van der Waals surface area contributed by atoms with E-state index in [2.05, 4.69) is 37.9 Å². The summed E-state index contributed by atoms with van der Waals surface area (Å²) in [6.07, 6.45) is 0.871. The van der Waals surface area contributed by atoms with Crippen molar-refractivity contribution in [2.24, 2.45) is 11.8 Å². The van der Waals surface area contributed by atoms with E-state index in [0.717, 1.165) is 30.9 Å². The highest BCUT2D eigenvalue weighted by Crippen LogP contribution is 2.32. The topological polar surface area (TPSA) is 50.8 Å². The molecule has 5 heteroatoms. The van der Waals surface area contributed by atoms with Crippen LogP contribution >= 0.6 is 0 Å². The first kappa shape index (κ1) is 18.6. The number of anilines is 1. The first-order valence-corrected chi connectivity index (χ1v) is 8.86. The lowest BCUT2D eigenvalue weighted by molar-refractivity contribution is -0.117. The van der Waals surface area contributed by atoms with Crippen LogP contribution in [0, 0.1) is 11.8 Å². The number of hydrogen-bond acceptors (Lipinski definition) is 4. The van der Waals surface area contributed by atoms with Crippen LogP contribution in [-0.4, -0.2) is 43.7 Å². The SMILES string of the molecule is CC(C)CN(CC(=O)Nc1ccc2c(c1)OCCCO2)CC(C)C. The second-order valence-corrected chi connectivity index (χ2v) is 7.24. The van der Waals surface area contributed by atoms with Crippen molar-refractivity contribution < 1.29 is 14.3 Å². The fourth-order valence-electron chi connectivity index (χ4n) is 2.88. The standard InChI is InChI=1S/C19H30N2O3/c1-14(2)11-21(12-15(3)4)13-19(22)20-16-6-7-17-18(10-16)24-9-5-8-23-17/h6-7,10,14-15H,5,8-9,11-13H2,1-4H3,(H,20,22). The number of nitrogens with zero attached hydrogens (tertiary/aromatic N) is 1. The normalized spacial score (nSPS) is 14.1. The molecule has 2 rings (SSSR count). The van der Waals surface area contributed by atoms with E-state index in [4.69, 9.17) is 9.47 Å². The fraction of sp³-hybridized carbons (Fsp3) is 0.632. The smallest absolute Gasteiger partial charge is 0.238 e. The van der Waals surface area contributed by atoms with Crippen molar-refractivity contribution in [2.45, 2.75) is 34.1 Å². The van der Waals surface area contributed by atoms with E-state index in [1.165, 1.54) is 0 Å². The predicted molar refractivity (Wildman–Crippen MR) is 96.8 cm³/mol. The molecule has 0 aliphatic carbocycles. The summed E-state index contributed by atoms with van der Waals surface area (Å²) < 4.78 is 11.3. The van der Waals surface area contributed by atoms with Crippen molar-refractivity contribution in [3.63, 3.8) is 0 Å². The highest BCUT2D eigenvalue weighted by molar-refractivity contribution is 5.92. The van der Waals surface area contributed by atoms with Gasteiger partial charge in [-0.05, 0) is 24.0 Å². The molecule has 1 aliphatic rings. The molecular weight excluding hydrogens is 304 g/mol. The molecule has 1 aromatic rings.